The molecular formula is C17H25N3. The Labute approximate surface area is 122 Å². The Morgan fingerprint density at radius 3 is 2.75 bits per heavy atom. The Hall–Kier alpha value is -1.45. The monoisotopic (exact) mass is 271 g/mol. The number of likely N-dealkylation sites (N-methyl/N-ethyl adjacent to an activating group) is 1. The van der Waals surface area contributed by atoms with Gasteiger partial charge < -0.3 is 10.2 Å². The minimum atomic E-state index is 0.190. The van der Waals surface area contributed by atoms with E-state index in [0.717, 1.165) is 25.2 Å². The van der Waals surface area contributed by atoms with E-state index in [1.165, 1.54) is 10.9 Å². The van der Waals surface area contributed by atoms with E-state index in [1.807, 2.05) is 12.3 Å². The molecule has 0 atom stereocenters. The smallest absolute Gasteiger partial charge is 0.0702 e. The highest BCUT2D eigenvalue weighted by Crippen LogP contribution is 2.14. The number of hydrogen-bond acceptors (Lipinski definition) is 3. The summed E-state index contributed by atoms with van der Waals surface area (Å²) in [6.07, 6.45) is 1.84. The zero-order chi connectivity index (χ0) is 14.6. The van der Waals surface area contributed by atoms with Crippen molar-refractivity contribution >= 4 is 10.9 Å². The molecule has 2 aromatic rings. The summed E-state index contributed by atoms with van der Waals surface area (Å²) in [6, 6.07) is 10.6. The van der Waals surface area contributed by atoms with Crippen molar-refractivity contribution < 1.29 is 0 Å². The summed E-state index contributed by atoms with van der Waals surface area (Å²) in [6.45, 7) is 9.62. The molecule has 0 bridgehead atoms. The van der Waals surface area contributed by atoms with Crippen molar-refractivity contribution in [3.63, 3.8) is 0 Å². The van der Waals surface area contributed by atoms with Gasteiger partial charge >= 0.3 is 0 Å². The van der Waals surface area contributed by atoms with Gasteiger partial charge in [0.1, 0.15) is 0 Å². The standard InChI is InChI=1S/C17H25N3/c1-17(2,3)19-10-11-20(4)13-14-7-8-16-15(12-14)6-5-9-18-16/h5-9,12,19H,10-11,13H2,1-4H3. The van der Waals surface area contributed by atoms with Gasteiger partial charge in [0, 0.05) is 36.8 Å². The van der Waals surface area contributed by atoms with Crippen molar-refractivity contribution in [3.05, 3.63) is 42.1 Å². The molecule has 1 aromatic carbocycles. The lowest BCUT2D eigenvalue weighted by molar-refractivity contribution is 0.303. The van der Waals surface area contributed by atoms with Gasteiger partial charge in [-0.15, -0.1) is 0 Å². The first kappa shape index (κ1) is 14.9. The van der Waals surface area contributed by atoms with Crippen LogP contribution in [-0.4, -0.2) is 35.6 Å². The summed E-state index contributed by atoms with van der Waals surface area (Å²) in [4.78, 5) is 6.70. The summed E-state index contributed by atoms with van der Waals surface area (Å²) in [5.74, 6) is 0. The number of pyridine rings is 1. The number of fused-ring (bicyclic) bond motifs is 1. The van der Waals surface area contributed by atoms with Crippen LogP contribution in [-0.2, 0) is 6.54 Å². The molecule has 2 rings (SSSR count). The molecule has 0 unspecified atom stereocenters. The molecule has 0 spiro atoms. The molecule has 108 valence electrons. The summed E-state index contributed by atoms with van der Waals surface area (Å²) in [5, 5.41) is 4.73. The van der Waals surface area contributed by atoms with E-state index < -0.39 is 0 Å². The number of benzene rings is 1. The van der Waals surface area contributed by atoms with Gasteiger partial charge in [-0.2, -0.15) is 0 Å². The highest BCUT2D eigenvalue weighted by atomic mass is 15.1. The predicted molar refractivity (Wildman–Crippen MR) is 85.8 cm³/mol. The Morgan fingerprint density at radius 2 is 2.00 bits per heavy atom. The lowest BCUT2D eigenvalue weighted by atomic mass is 10.1. The molecule has 20 heavy (non-hydrogen) atoms. The fourth-order valence-electron chi connectivity index (χ4n) is 2.24. The number of aromatic nitrogens is 1. The van der Waals surface area contributed by atoms with E-state index in [-0.39, 0.29) is 5.54 Å². The lowest BCUT2D eigenvalue weighted by Gasteiger charge is -2.23. The molecule has 1 aromatic heterocycles. The van der Waals surface area contributed by atoms with E-state index in [4.69, 9.17) is 0 Å². The zero-order valence-electron chi connectivity index (χ0n) is 13.0. The second kappa shape index (κ2) is 6.33. The molecular weight excluding hydrogens is 246 g/mol. The van der Waals surface area contributed by atoms with Gasteiger partial charge in [0.2, 0.25) is 0 Å². The van der Waals surface area contributed by atoms with Crippen LogP contribution < -0.4 is 5.32 Å². The highest BCUT2D eigenvalue weighted by molar-refractivity contribution is 5.78. The fourth-order valence-corrected chi connectivity index (χ4v) is 2.24. The number of rotatable bonds is 5. The highest BCUT2D eigenvalue weighted by Gasteiger charge is 2.08. The van der Waals surface area contributed by atoms with Crippen LogP contribution in [0.1, 0.15) is 26.3 Å². The largest absolute Gasteiger partial charge is 0.311 e. The van der Waals surface area contributed by atoms with Gasteiger partial charge in [0.25, 0.3) is 0 Å². The molecule has 0 saturated carbocycles. The molecule has 1 heterocycles. The Morgan fingerprint density at radius 1 is 1.20 bits per heavy atom. The van der Waals surface area contributed by atoms with Crippen LogP contribution >= 0.6 is 0 Å². The van der Waals surface area contributed by atoms with Crippen LogP contribution in [0.3, 0.4) is 0 Å². The molecule has 0 radical (unpaired) electrons. The van der Waals surface area contributed by atoms with Gasteiger partial charge in [-0.25, -0.2) is 0 Å². The maximum atomic E-state index is 4.35. The van der Waals surface area contributed by atoms with Crippen molar-refractivity contribution in [1.29, 1.82) is 0 Å². The first-order valence-electron chi connectivity index (χ1n) is 7.21. The Bertz CT molecular complexity index is 557. The van der Waals surface area contributed by atoms with E-state index in [2.05, 4.69) is 67.3 Å². The lowest BCUT2D eigenvalue weighted by Crippen LogP contribution is -2.40. The van der Waals surface area contributed by atoms with Gasteiger partial charge in [-0.1, -0.05) is 12.1 Å². The van der Waals surface area contributed by atoms with Crippen molar-refractivity contribution in [2.24, 2.45) is 0 Å². The van der Waals surface area contributed by atoms with Crippen molar-refractivity contribution in [2.75, 3.05) is 20.1 Å². The fraction of sp³-hybridized carbons (Fsp3) is 0.471. The number of nitrogens with zero attached hydrogens (tertiary/aromatic N) is 2. The van der Waals surface area contributed by atoms with E-state index in [9.17, 15) is 0 Å². The average Bonchev–Trinajstić information content (AvgIpc) is 2.37. The molecule has 3 heteroatoms. The summed E-state index contributed by atoms with van der Waals surface area (Å²) in [7, 11) is 2.16. The molecule has 0 fully saturated rings. The van der Waals surface area contributed by atoms with E-state index in [1.54, 1.807) is 0 Å². The van der Waals surface area contributed by atoms with Gasteiger partial charge in [-0.3, -0.25) is 4.98 Å². The SMILES string of the molecule is CN(CCNC(C)(C)C)Cc1ccc2ncccc2c1. The predicted octanol–water partition coefficient (Wildman–Crippen LogP) is 3.05. The Kier molecular flexibility index (Phi) is 4.73. The average molecular weight is 271 g/mol. The van der Waals surface area contributed by atoms with E-state index in [0.29, 0.717) is 0 Å². The maximum absolute atomic E-state index is 4.35. The third kappa shape index (κ3) is 4.58. The van der Waals surface area contributed by atoms with Crippen LogP contribution in [0.2, 0.25) is 0 Å². The Balaban J connectivity index is 1.91. The van der Waals surface area contributed by atoms with Crippen LogP contribution in [0.4, 0.5) is 0 Å². The normalized spacial score (nSPS) is 12.2. The summed E-state index contributed by atoms with van der Waals surface area (Å²) >= 11 is 0. The minimum Gasteiger partial charge on any atom is -0.311 e. The topological polar surface area (TPSA) is 28.2 Å². The number of hydrogen-bond donors (Lipinski definition) is 1. The van der Waals surface area contributed by atoms with Crippen molar-refractivity contribution in [3.8, 4) is 0 Å². The van der Waals surface area contributed by atoms with Crippen molar-refractivity contribution in [2.45, 2.75) is 32.9 Å². The molecule has 0 aliphatic rings. The molecule has 3 nitrogen and oxygen atoms in total. The molecule has 1 N–H and O–H groups in total. The van der Waals surface area contributed by atoms with Crippen LogP contribution in [0.25, 0.3) is 10.9 Å². The van der Waals surface area contributed by atoms with Crippen molar-refractivity contribution in [1.82, 2.24) is 15.2 Å². The quantitative estimate of drug-likeness (QED) is 0.906. The zero-order valence-corrected chi connectivity index (χ0v) is 13.0. The van der Waals surface area contributed by atoms with Gasteiger partial charge in [-0.05, 0) is 51.6 Å². The number of nitrogens with one attached hydrogen (secondary N) is 1. The third-order valence-electron chi connectivity index (χ3n) is 3.27. The van der Waals surface area contributed by atoms with Crippen LogP contribution in [0, 0.1) is 0 Å². The molecule has 0 aliphatic carbocycles. The molecule has 0 saturated heterocycles. The first-order chi connectivity index (χ1) is 9.44. The van der Waals surface area contributed by atoms with E-state index >= 15 is 0 Å². The second-order valence-electron chi connectivity index (χ2n) is 6.45. The second-order valence-corrected chi connectivity index (χ2v) is 6.45. The van der Waals surface area contributed by atoms with Crippen LogP contribution in [0.5, 0.6) is 0 Å². The van der Waals surface area contributed by atoms with Gasteiger partial charge in [0.15, 0.2) is 0 Å². The van der Waals surface area contributed by atoms with Gasteiger partial charge in [0.05, 0.1) is 5.52 Å². The van der Waals surface area contributed by atoms with Crippen LogP contribution in [0.15, 0.2) is 36.5 Å². The summed E-state index contributed by atoms with van der Waals surface area (Å²) in [5.41, 5.74) is 2.59. The molecule has 0 aliphatic heterocycles. The summed E-state index contributed by atoms with van der Waals surface area (Å²) < 4.78 is 0. The maximum Gasteiger partial charge on any atom is 0.0702 e. The minimum absolute atomic E-state index is 0.190. The molecule has 0 amide bonds. The first-order valence-corrected chi connectivity index (χ1v) is 7.21. The third-order valence-corrected chi connectivity index (χ3v) is 3.27.